The third kappa shape index (κ3) is 1.97. The molecule has 1 heterocycles. The number of halogens is 2. The van der Waals surface area contributed by atoms with E-state index in [2.05, 4.69) is 5.10 Å². The number of nitrogens with zero attached hydrogens (tertiary/aromatic N) is 1. The predicted molar refractivity (Wildman–Crippen MR) is 70.2 cm³/mol. The molecule has 0 unspecified atom stereocenters. The largest absolute Gasteiger partial charge is 0.295 e. The molecule has 0 aliphatic carbocycles. The smallest absolute Gasteiger partial charge is 0.275 e. The van der Waals surface area contributed by atoms with Crippen LogP contribution in [0.5, 0.6) is 0 Å². The molecule has 1 aromatic heterocycles. The van der Waals surface area contributed by atoms with Gasteiger partial charge in [0.15, 0.2) is 0 Å². The minimum Gasteiger partial charge on any atom is -0.295 e. The minimum atomic E-state index is -0.527. The first kappa shape index (κ1) is 12.9. The fourth-order valence-corrected chi connectivity index (χ4v) is 2.35. The number of aromatic amines is 1. The second-order valence-electron chi connectivity index (χ2n) is 4.52. The van der Waals surface area contributed by atoms with Crippen LogP contribution in [-0.2, 0) is 0 Å². The van der Waals surface area contributed by atoms with E-state index in [1.807, 2.05) is 13.8 Å². The highest BCUT2D eigenvalue weighted by molar-refractivity contribution is 6.32. The molecule has 0 spiro atoms. The molecule has 0 saturated heterocycles. The number of hydrogen-bond acceptors (Lipinski definition) is 1. The number of hydrogen-bond donors (Lipinski definition) is 1. The quantitative estimate of drug-likeness (QED) is 0.891. The first-order valence-corrected chi connectivity index (χ1v) is 6.07. The van der Waals surface area contributed by atoms with E-state index in [9.17, 15) is 9.18 Å². The van der Waals surface area contributed by atoms with Gasteiger partial charge in [-0.15, -0.1) is 0 Å². The van der Waals surface area contributed by atoms with E-state index >= 15 is 0 Å². The van der Waals surface area contributed by atoms with Gasteiger partial charge in [0.2, 0.25) is 0 Å². The second-order valence-corrected chi connectivity index (χ2v) is 4.92. The van der Waals surface area contributed by atoms with Gasteiger partial charge in [0, 0.05) is 11.3 Å². The zero-order valence-electron chi connectivity index (χ0n) is 10.4. The molecule has 0 amide bonds. The summed E-state index contributed by atoms with van der Waals surface area (Å²) in [6.07, 6.45) is 0. The fourth-order valence-electron chi connectivity index (χ4n) is 2.10. The van der Waals surface area contributed by atoms with Gasteiger partial charge in [-0.05, 0) is 25.0 Å². The summed E-state index contributed by atoms with van der Waals surface area (Å²) in [6.45, 7) is 5.64. The van der Waals surface area contributed by atoms with Gasteiger partial charge in [-0.1, -0.05) is 31.5 Å². The van der Waals surface area contributed by atoms with Crippen LogP contribution < -0.4 is 5.56 Å². The standard InChI is InChI=1S/C13H14ClFN2O/c1-7(2)11-8(3)16-17(13(11)18)12-9(14)5-4-6-10(12)15/h4-7,16H,1-3H3. The van der Waals surface area contributed by atoms with Crippen LogP contribution in [-0.4, -0.2) is 9.78 Å². The Bertz CT molecular complexity index is 623. The highest BCUT2D eigenvalue weighted by atomic mass is 35.5. The molecule has 0 fully saturated rings. The van der Waals surface area contributed by atoms with E-state index in [4.69, 9.17) is 11.6 Å². The summed E-state index contributed by atoms with van der Waals surface area (Å²) in [4.78, 5) is 12.2. The molecule has 0 aliphatic heterocycles. The van der Waals surface area contributed by atoms with Crippen molar-refractivity contribution in [1.82, 2.24) is 9.78 Å². The molecule has 3 nitrogen and oxygen atoms in total. The normalized spacial score (nSPS) is 11.2. The van der Waals surface area contributed by atoms with Crippen molar-refractivity contribution >= 4 is 11.6 Å². The SMILES string of the molecule is Cc1[nH]n(-c2c(F)cccc2Cl)c(=O)c1C(C)C. The van der Waals surface area contributed by atoms with E-state index in [1.165, 1.54) is 16.8 Å². The van der Waals surface area contributed by atoms with Crippen molar-refractivity contribution in [3.8, 4) is 5.69 Å². The third-order valence-corrected chi connectivity index (χ3v) is 3.16. The molecular weight excluding hydrogens is 255 g/mol. The molecule has 1 N–H and O–H groups in total. The average Bonchev–Trinajstić information content (AvgIpc) is 2.54. The van der Waals surface area contributed by atoms with Gasteiger partial charge >= 0.3 is 0 Å². The molecule has 0 radical (unpaired) electrons. The average molecular weight is 269 g/mol. The Labute approximate surface area is 109 Å². The van der Waals surface area contributed by atoms with Crippen LogP contribution >= 0.6 is 11.6 Å². The van der Waals surface area contributed by atoms with Gasteiger partial charge in [-0.2, -0.15) is 0 Å². The fraction of sp³-hybridized carbons (Fsp3) is 0.308. The number of nitrogens with one attached hydrogen (secondary N) is 1. The van der Waals surface area contributed by atoms with Gasteiger partial charge in [-0.25, -0.2) is 9.07 Å². The summed E-state index contributed by atoms with van der Waals surface area (Å²) in [5, 5.41) is 3.07. The third-order valence-electron chi connectivity index (χ3n) is 2.86. The van der Waals surface area contributed by atoms with Crippen LogP contribution in [0.4, 0.5) is 4.39 Å². The van der Waals surface area contributed by atoms with Gasteiger partial charge in [-0.3, -0.25) is 9.89 Å². The predicted octanol–water partition coefficient (Wildman–Crippen LogP) is 3.39. The number of rotatable bonds is 2. The Morgan fingerprint density at radius 2 is 2.06 bits per heavy atom. The second kappa shape index (κ2) is 4.61. The summed E-state index contributed by atoms with van der Waals surface area (Å²) < 4.78 is 15.0. The number of benzene rings is 1. The topological polar surface area (TPSA) is 37.8 Å². The summed E-state index contributed by atoms with van der Waals surface area (Å²) in [5.74, 6) is -0.457. The van der Waals surface area contributed by atoms with Gasteiger partial charge in [0.1, 0.15) is 11.5 Å². The lowest BCUT2D eigenvalue weighted by molar-refractivity contribution is 0.607. The maximum Gasteiger partial charge on any atom is 0.275 e. The lowest BCUT2D eigenvalue weighted by atomic mass is 10.1. The zero-order chi connectivity index (χ0) is 13.4. The Balaban J connectivity index is 2.74. The van der Waals surface area contributed by atoms with Gasteiger partial charge < -0.3 is 0 Å². The van der Waals surface area contributed by atoms with Gasteiger partial charge in [0.25, 0.3) is 5.56 Å². The Morgan fingerprint density at radius 3 is 2.56 bits per heavy atom. The molecule has 5 heteroatoms. The number of aryl methyl sites for hydroxylation is 1. The summed E-state index contributed by atoms with van der Waals surface area (Å²) in [6, 6.07) is 4.34. The van der Waals surface area contributed by atoms with Crippen molar-refractivity contribution in [3.05, 3.63) is 50.7 Å². The summed E-state index contributed by atoms with van der Waals surface area (Å²) in [7, 11) is 0. The molecule has 1 aromatic carbocycles. The van der Waals surface area contributed by atoms with E-state index in [-0.39, 0.29) is 22.2 Å². The van der Waals surface area contributed by atoms with Crippen LogP contribution in [0.1, 0.15) is 31.0 Å². The van der Waals surface area contributed by atoms with Crippen LogP contribution in [0.3, 0.4) is 0 Å². The van der Waals surface area contributed by atoms with E-state index in [0.29, 0.717) is 5.56 Å². The molecule has 0 atom stereocenters. The van der Waals surface area contributed by atoms with Crippen LogP contribution in [0, 0.1) is 12.7 Å². The summed E-state index contributed by atoms with van der Waals surface area (Å²) in [5.41, 5.74) is 1.19. The van der Waals surface area contributed by atoms with Gasteiger partial charge in [0.05, 0.1) is 5.02 Å². The monoisotopic (exact) mass is 268 g/mol. The Morgan fingerprint density at radius 1 is 1.39 bits per heavy atom. The highest BCUT2D eigenvalue weighted by Crippen LogP contribution is 2.23. The molecule has 96 valence electrons. The van der Waals surface area contributed by atoms with Crippen LogP contribution in [0.15, 0.2) is 23.0 Å². The number of aromatic nitrogens is 2. The maximum absolute atomic E-state index is 13.8. The molecule has 0 saturated carbocycles. The molecular formula is C13H14ClFN2O. The lowest BCUT2D eigenvalue weighted by Crippen LogP contribution is -2.19. The summed E-state index contributed by atoms with van der Waals surface area (Å²) >= 11 is 5.96. The zero-order valence-corrected chi connectivity index (χ0v) is 11.2. The Kier molecular flexibility index (Phi) is 3.30. The highest BCUT2D eigenvalue weighted by Gasteiger charge is 2.18. The maximum atomic E-state index is 13.8. The van der Waals surface area contributed by atoms with Crippen molar-refractivity contribution < 1.29 is 4.39 Å². The van der Waals surface area contributed by atoms with E-state index in [1.54, 1.807) is 13.0 Å². The molecule has 2 aromatic rings. The first-order chi connectivity index (χ1) is 8.43. The Hall–Kier alpha value is -1.55. The minimum absolute atomic E-state index is 0.0687. The van der Waals surface area contributed by atoms with E-state index in [0.717, 1.165) is 5.69 Å². The number of H-pyrrole nitrogens is 1. The van der Waals surface area contributed by atoms with Crippen molar-refractivity contribution in [2.75, 3.05) is 0 Å². The van der Waals surface area contributed by atoms with Crippen molar-refractivity contribution in [2.24, 2.45) is 0 Å². The van der Waals surface area contributed by atoms with E-state index < -0.39 is 5.82 Å². The van der Waals surface area contributed by atoms with Crippen LogP contribution in [0.2, 0.25) is 5.02 Å². The van der Waals surface area contributed by atoms with Crippen molar-refractivity contribution in [1.29, 1.82) is 0 Å². The van der Waals surface area contributed by atoms with Crippen LogP contribution in [0.25, 0.3) is 5.69 Å². The van der Waals surface area contributed by atoms with Crippen molar-refractivity contribution in [3.63, 3.8) is 0 Å². The molecule has 2 rings (SSSR count). The molecule has 0 bridgehead atoms. The molecule has 0 aliphatic rings. The van der Waals surface area contributed by atoms with Crippen molar-refractivity contribution in [2.45, 2.75) is 26.7 Å². The first-order valence-electron chi connectivity index (χ1n) is 5.69. The number of para-hydroxylation sites is 1. The molecule has 18 heavy (non-hydrogen) atoms. The lowest BCUT2D eigenvalue weighted by Gasteiger charge is -2.05.